The summed E-state index contributed by atoms with van der Waals surface area (Å²) in [6, 6.07) is 10.6. The number of hydrogen-bond donors (Lipinski definition) is 5. The van der Waals surface area contributed by atoms with Gasteiger partial charge in [0.05, 0.1) is 31.2 Å². The zero-order valence-electron chi connectivity index (χ0n) is 18.3. The first-order valence-corrected chi connectivity index (χ1v) is 10.5. The van der Waals surface area contributed by atoms with Gasteiger partial charge >= 0.3 is 0 Å². The van der Waals surface area contributed by atoms with Gasteiger partial charge in [-0.2, -0.15) is 0 Å². The van der Waals surface area contributed by atoms with Crippen LogP contribution in [0.3, 0.4) is 0 Å². The molecule has 0 spiro atoms. The zero-order chi connectivity index (χ0) is 24.2. The van der Waals surface area contributed by atoms with Gasteiger partial charge in [0.2, 0.25) is 0 Å². The third-order valence-corrected chi connectivity index (χ3v) is 5.34. The third kappa shape index (κ3) is 4.79. The Hall–Kier alpha value is -3.73. The zero-order valence-corrected chi connectivity index (χ0v) is 18.3. The molecule has 0 bridgehead atoms. The topological polar surface area (TPSA) is 151 Å². The number of hydrogen-bond acceptors (Lipinski definition) is 10. The number of pyridine rings is 1. The molecule has 1 aromatic heterocycles. The largest absolute Gasteiger partial charge is 0.508 e. The van der Waals surface area contributed by atoms with Crippen molar-refractivity contribution in [1.82, 2.24) is 4.98 Å². The van der Waals surface area contributed by atoms with E-state index < -0.39 is 18.3 Å². The Morgan fingerprint density at radius 3 is 2.53 bits per heavy atom. The number of aromatic nitrogens is 1. The fourth-order valence-corrected chi connectivity index (χ4v) is 3.66. The van der Waals surface area contributed by atoms with Crippen LogP contribution in [0.1, 0.15) is 29.0 Å². The molecule has 180 valence electrons. The lowest BCUT2D eigenvalue weighted by molar-refractivity contribution is -0.0711. The van der Waals surface area contributed by atoms with E-state index in [-0.39, 0.29) is 42.6 Å². The summed E-state index contributed by atoms with van der Waals surface area (Å²) in [6.07, 6.45) is -2.33. The Morgan fingerprint density at radius 1 is 1.00 bits per heavy atom. The third-order valence-electron chi connectivity index (χ3n) is 5.34. The summed E-state index contributed by atoms with van der Waals surface area (Å²) in [4.78, 5) is 4.26. The molecule has 0 fully saturated rings. The SMILES string of the molecule is COc1ccc(COc2cc(C3Oc4cc(O)cc(O)c4C(O)C3O)ccc2OCCO)nc1. The average molecular weight is 471 g/mol. The number of phenols is 2. The highest BCUT2D eigenvalue weighted by Gasteiger charge is 2.39. The fourth-order valence-electron chi connectivity index (χ4n) is 3.66. The summed E-state index contributed by atoms with van der Waals surface area (Å²) in [5.41, 5.74) is 1.07. The second kappa shape index (κ2) is 10.0. The van der Waals surface area contributed by atoms with Crippen molar-refractivity contribution < 1.29 is 44.5 Å². The molecule has 3 unspecified atom stereocenters. The molecule has 10 heteroatoms. The van der Waals surface area contributed by atoms with Crippen LogP contribution in [0.5, 0.6) is 34.5 Å². The number of ether oxygens (including phenoxy) is 4. The van der Waals surface area contributed by atoms with E-state index in [9.17, 15) is 20.4 Å². The van der Waals surface area contributed by atoms with E-state index in [1.807, 2.05) is 0 Å². The Bertz CT molecular complexity index is 1140. The standard InChI is InChI=1S/C24H25NO9/c1-31-16-4-3-14(25-11-16)12-33-19-8-13(2-5-18(19)32-7-6-26)24-23(30)22(29)21-17(28)9-15(27)10-20(21)34-24/h2-5,8-11,22-24,26-30H,6-7,12H2,1H3. The molecule has 3 atom stereocenters. The smallest absolute Gasteiger partial charge is 0.162 e. The van der Waals surface area contributed by atoms with Gasteiger partial charge in [-0.05, 0) is 29.8 Å². The highest BCUT2D eigenvalue weighted by atomic mass is 16.5. The second-order valence-electron chi connectivity index (χ2n) is 7.61. The maximum Gasteiger partial charge on any atom is 0.162 e. The van der Waals surface area contributed by atoms with Gasteiger partial charge in [-0.25, -0.2) is 0 Å². The Balaban J connectivity index is 1.62. The lowest BCUT2D eigenvalue weighted by Crippen LogP contribution is -2.34. The van der Waals surface area contributed by atoms with Crippen molar-refractivity contribution in [2.24, 2.45) is 0 Å². The molecule has 0 saturated heterocycles. The number of fused-ring (bicyclic) bond motifs is 1. The van der Waals surface area contributed by atoms with E-state index >= 15 is 0 Å². The summed E-state index contributed by atoms with van der Waals surface area (Å²) in [5.74, 6) is 0.681. The molecule has 1 aliphatic rings. The van der Waals surface area contributed by atoms with E-state index in [4.69, 9.17) is 24.1 Å². The van der Waals surface area contributed by atoms with Crippen LogP contribution >= 0.6 is 0 Å². The molecule has 5 N–H and O–H groups in total. The summed E-state index contributed by atoms with van der Waals surface area (Å²) >= 11 is 0. The minimum absolute atomic E-state index is 0.00787. The van der Waals surface area contributed by atoms with Gasteiger partial charge in [-0.3, -0.25) is 4.98 Å². The molecule has 10 nitrogen and oxygen atoms in total. The molecule has 0 saturated carbocycles. The predicted molar refractivity (Wildman–Crippen MR) is 118 cm³/mol. The molecular weight excluding hydrogens is 446 g/mol. The van der Waals surface area contributed by atoms with Gasteiger partial charge in [-0.15, -0.1) is 0 Å². The summed E-state index contributed by atoms with van der Waals surface area (Å²) in [7, 11) is 1.54. The lowest BCUT2D eigenvalue weighted by atomic mass is 9.91. The van der Waals surface area contributed by atoms with Crippen LogP contribution < -0.4 is 18.9 Å². The van der Waals surface area contributed by atoms with E-state index in [1.54, 1.807) is 43.6 Å². The first-order valence-electron chi connectivity index (χ1n) is 10.5. The molecule has 4 rings (SSSR count). The van der Waals surface area contributed by atoms with Gasteiger partial charge in [0, 0.05) is 12.1 Å². The highest BCUT2D eigenvalue weighted by molar-refractivity contribution is 5.53. The maximum absolute atomic E-state index is 10.7. The van der Waals surface area contributed by atoms with E-state index in [1.165, 1.54) is 6.07 Å². The minimum atomic E-state index is -1.45. The quantitative estimate of drug-likeness (QED) is 0.330. The maximum atomic E-state index is 10.7. The first kappa shape index (κ1) is 23.4. The molecule has 34 heavy (non-hydrogen) atoms. The molecular formula is C24H25NO9. The molecule has 0 aliphatic carbocycles. The van der Waals surface area contributed by atoms with Gasteiger partial charge in [-0.1, -0.05) is 6.07 Å². The first-order chi connectivity index (χ1) is 16.4. The Morgan fingerprint density at radius 2 is 1.82 bits per heavy atom. The van der Waals surface area contributed by atoms with Crippen LogP contribution in [0.4, 0.5) is 0 Å². The van der Waals surface area contributed by atoms with Crippen molar-refractivity contribution in [3.63, 3.8) is 0 Å². The van der Waals surface area contributed by atoms with Crippen molar-refractivity contribution in [2.45, 2.75) is 24.9 Å². The van der Waals surface area contributed by atoms with E-state index in [2.05, 4.69) is 4.98 Å². The highest BCUT2D eigenvalue weighted by Crippen LogP contribution is 2.47. The Labute approximate surface area is 195 Å². The van der Waals surface area contributed by atoms with Crippen LogP contribution in [-0.2, 0) is 6.61 Å². The number of benzene rings is 2. The van der Waals surface area contributed by atoms with Crippen molar-refractivity contribution >= 4 is 0 Å². The van der Waals surface area contributed by atoms with Gasteiger partial charge in [0.15, 0.2) is 17.6 Å². The van der Waals surface area contributed by atoms with Crippen molar-refractivity contribution in [1.29, 1.82) is 0 Å². The van der Waals surface area contributed by atoms with Crippen molar-refractivity contribution in [2.75, 3.05) is 20.3 Å². The monoisotopic (exact) mass is 471 g/mol. The number of aliphatic hydroxyl groups is 3. The summed E-state index contributed by atoms with van der Waals surface area (Å²) in [6.45, 7) is -0.0461. The number of nitrogens with zero attached hydrogens (tertiary/aromatic N) is 1. The number of rotatable bonds is 8. The van der Waals surface area contributed by atoms with Crippen molar-refractivity contribution in [3.05, 3.63) is 65.5 Å². The molecule has 0 radical (unpaired) electrons. The lowest BCUT2D eigenvalue weighted by Gasteiger charge is -2.35. The number of methoxy groups -OCH3 is 1. The van der Waals surface area contributed by atoms with Crippen LogP contribution in [0.15, 0.2) is 48.7 Å². The average Bonchev–Trinajstić information content (AvgIpc) is 2.83. The van der Waals surface area contributed by atoms with Crippen LogP contribution in [0.2, 0.25) is 0 Å². The van der Waals surface area contributed by atoms with Crippen LogP contribution in [0.25, 0.3) is 0 Å². The number of phenolic OH excluding ortho intramolecular Hbond substituents is 2. The van der Waals surface area contributed by atoms with Gasteiger partial charge in [0.1, 0.15) is 48.4 Å². The normalized spacial score (nSPS) is 19.1. The van der Waals surface area contributed by atoms with Crippen LogP contribution in [-0.4, -0.2) is 56.9 Å². The number of aliphatic hydroxyl groups excluding tert-OH is 3. The Kier molecular flexibility index (Phi) is 6.92. The van der Waals surface area contributed by atoms with Gasteiger partial charge < -0.3 is 44.5 Å². The molecule has 0 amide bonds. The summed E-state index contributed by atoms with van der Waals surface area (Å²) < 4.78 is 22.4. The van der Waals surface area contributed by atoms with E-state index in [0.29, 0.717) is 28.5 Å². The molecule has 3 aromatic rings. The minimum Gasteiger partial charge on any atom is -0.508 e. The summed E-state index contributed by atoms with van der Waals surface area (Å²) in [5, 5.41) is 50.3. The van der Waals surface area contributed by atoms with Gasteiger partial charge in [0.25, 0.3) is 0 Å². The van der Waals surface area contributed by atoms with Crippen molar-refractivity contribution in [3.8, 4) is 34.5 Å². The molecule has 1 aliphatic heterocycles. The molecule has 2 aromatic carbocycles. The second-order valence-corrected chi connectivity index (χ2v) is 7.61. The molecule has 2 heterocycles. The van der Waals surface area contributed by atoms with Crippen LogP contribution in [0, 0.1) is 0 Å². The number of aromatic hydroxyl groups is 2. The van der Waals surface area contributed by atoms with E-state index in [0.717, 1.165) is 6.07 Å². The fraction of sp³-hybridized carbons (Fsp3) is 0.292. The predicted octanol–water partition coefficient (Wildman–Crippen LogP) is 1.98.